The molecular weight excluding hydrogens is 320 g/mol. The van der Waals surface area contributed by atoms with Crippen molar-refractivity contribution in [3.05, 3.63) is 47.0 Å². The van der Waals surface area contributed by atoms with Crippen LogP contribution in [0.2, 0.25) is 0 Å². The highest BCUT2D eigenvalue weighted by Crippen LogP contribution is 2.51. The van der Waals surface area contributed by atoms with Crippen molar-refractivity contribution in [2.45, 2.75) is 42.4 Å². The summed E-state index contributed by atoms with van der Waals surface area (Å²) >= 11 is 3.60. The van der Waals surface area contributed by atoms with E-state index in [4.69, 9.17) is 0 Å². The summed E-state index contributed by atoms with van der Waals surface area (Å²) in [6, 6.07) is 10.9. The molecule has 0 aromatic heterocycles. The predicted molar refractivity (Wildman–Crippen MR) is 102 cm³/mol. The lowest BCUT2D eigenvalue weighted by Gasteiger charge is -2.22. The van der Waals surface area contributed by atoms with Crippen LogP contribution >= 0.6 is 23.5 Å². The van der Waals surface area contributed by atoms with Crippen molar-refractivity contribution in [3.8, 4) is 11.1 Å². The van der Waals surface area contributed by atoms with E-state index in [1.165, 1.54) is 32.0 Å². The molecule has 1 nitrogen and oxygen atoms in total. The van der Waals surface area contributed by atoms with E-state index in [-0.39, 0.29) is 11.2 Å². The van der Waals surface area contributed by atoms with E-state index in [1.807, 2.05) is 13.0 Å². The highest BCUT2D eigenvalue weighted by molar-refractivity contribution is 8.01. The molecule has 0 fully saturated rings. The second-order valence-electron chi connectivity index (χ2n) is 6.41. The van der Waals surface area contributed by atoms with Crippen molar-refractivity contribution in [2.75, 3.05) is 12.5 Å². The van der Waals surface area contributed by atoms with E-state index in [0.717, 1.165) is 5.56 Å². The Kier molecular flexibility index (Phi) is 4.37. The number of carbonyl (C=O) groups is 1. The summed E-state index contributed by atoms with van der Waals surface area (Å²) in [6.45, 7) is 6.45. The van der Waals surface area contributed by atoms with Gasteiger partial charge in [0.2, 0.25) is 0 Å². The molecule has 0 spiro atoms. The van der Waals surface area contributed by atoms with Gasteiger partial charge in [0.25, 0.3) is 0 Å². The molecule has 0 atom stereocenters. The summed E-state index contributed by atoms with van der Waals surface area (Å²) in [6.07, 6.45) is 4.82. The maximum absolute atomic E-state index is 12.1. The second kappa shape index (κ2) is 6.03. The molecule has 0 radical (unpaired) electrons. The van der Waals surface area contributed by atoms with E-state index in [1.54, 1.807) is 23.5 Å². The van der Waals surface area contributed by atoms with Gasteiger partial charge in [0.1, 0.15) is 0 Å². The second-order valence-corrected chi connectivity index (χ2v) is 8.11. The lowest BCUT2D eigenvalue weighted by molar-refractivity contribution is 0.0988. The molecule has 2 aromatic rings. The topological polar surface area (TPSA) is 17.1 Å². The van der Waals surface area contributed by atoms with Crippen LogP contribution in [-0.2, 0) is 5.41 Å². The zero-order chi connectivity index (χ0) is 16.8. The fourth-order valence-corrected chi connectivity index (χ4v) is 4.93. The molecule has 1 aliphatic carbocycles. The number of thioether (sulfide) groups is 2. The van der Waals surface area contributed by atoms with Crippen LogP contribution in [0, 0.1) is 0 Å². The van der Waals surface area contributed by atoms with E-state index >= 15 is 0 Å². The van der Waals surface area contributed by atoms with Gasteiger partial charge in [0, 0.05) is 27.2 Å². The standard InChI is InChI=1S/C20H22OS2/c1-6-17(21)12-7-8-13-14-10-18(22-4)19(23-5)11-16(14)20(2,3)15(13)9-12/h7-11H,6H2,1-5H3. The fourth-order valence-electron chi connectivity index (χ4n) is 3.44. The van der Waals surface area contributed by atoms with Crippen LogP contribution in [0.1, 0.15) is 48.7 Å². The van der Waals surface area contributed by atoms with E-state index in [2.05, 4.69) is 50.6 Å². The lowest BCUT2D eigenvalue weighted by Crippen LogP contribution is -2.16. The molecule has 0 amide bonds. The van der Waals surface area contributed by atoms with Gasteiger partial charge in [-0.05, 0) is 53.0 Å². The van der Waals surface area contributed by atoms with Crippen molar-refractivity contribution >= 4 is 29.3 Å². The number of ketones is 1. The summed E-state index contributed by atoms with van der Waals surface area (Å²) in [5.74, 6) is 0.217. The third-order valence-corrected chi connectivity index (χ3v) is 6.51. The number of Topliss-reactive ketones (excluding diaryl/α,β-unsaturated/α-hetero) is 1. The van der Waals surface area contributed by atoms with Gasteiger partial charge in [-0.3, -0.25) is 4.79 Å². The van der Waals surface area contributed by atoms with Crippen LogP contribution in [0.5, 0.6) is 0 Å². The number of carbonyl (C=O) groups excluding carboxylic acids is 1. The van der Waals surface area contributed by atoms with Crippen LogP contribution in [0.3, 0.4) is 0 Å². The summed E-state index contributed by atoms with van der Waals surface area (Å²) in [5.41, 5.74) is 6.02. The summed E-state index contributed by atoms with van der Waals surface area (Å²) < 4.78 is 0. The first-order valence-corrected chi connectivity index (χ1v) is 10.3. The van der Waals surface area contributed by atoms with Gasteiger partial charge < -0.3 is 0 Å². The molecule has 0 saturated carbocycles. The van der Waals surface area contributed by atoms with E-state index in [9.17, 15) is 4.79 Å². The molecule has 3 rings (SSSR count). The zero-order valence-corrected chi connectivity index (χ0v) is 16.0. The van der Waals surface area contributed by atoms with Gasteiger partial charge in [-0.1, -0.05) is 32.9 Å². The number of rotatable bonds is 4. The Morgan fingerprint density at radius 1 is 0.957 bits per heavy atom. The largest absolute Gasteiger partial charge is 0.294 e. The molecule has 0 bridgehead atoms. The van der Waals surface area contributed by atoms with E-state index < -0.39 is 0 Å². The smallest absolute Gasteiger partial charge is 0.162 e. The number of hydrogen-bond donors (Lipinski definition) is 0. The Labute approximate surface area is 147 Å². The zero-order valence-electron chi connectivity index (χ0n) is 14.3. The summed E-state index contributed by atoms with van der Waals surface area (Å²) in [5, 5.41) is 0. The van der Waals surface area contributed by atoms with E-state index in [0.29, 0.717) is 6.42 Å². The fraction of sp³-hybridized carbons (Fsp3) is 0.350. The van der Waals surface area contributed by atoms with Crippen molar-refractivity contribution in [3.63, 3.8) is 0 Å². The molecule has 0 saturated heterocycles. The number of fused-ring (bicyclic) bond motifs is 3. The number of hydrogen-bond acceptors (Lipinski definition) is 3. The van der Waals surface area contributed by atoms with Gasteiger partial charge in [-0.15, -0.1) is 23.5 Å². The molecular formula is C20H22OS2. The molecule has 0 unspecified atom stereocenters. The molecule has 2 aromatic carbocycles. The molecule has 0 aliphatic heterocycles. The Balaban J connectivity index is 2.24. The highest BCUT2D eigenvalue weighted by Gasteiger charge is 2.36. The summed E-state index contributed by atoms with van der Waals surface area (Å²) in [7, 11) is 0. The Morgan fingerprint density at radius 2 is 1.57 bits per heavy atom. The Hall–Kier alpha value is -1.19. The molecule has 23 heavy (non-hydrogen) atoms. The molecule has 1 aliphatic rings. The SMILES string of the molecule is CCC(=O)c1ccc2c(c1)C(C)(C)c1cc(SC)c(SC)cc1-2. The maximum Gasteiger partial charge on any atom is 0.162 e. The van der Waals surface area contributed by atoms with Gasteiger partial charge in [0.05, 0.1) is 0 Å². The number of benzene rings is 2. The monoisotopic (exact) mass is 342 g/mol. The van der Waals surface area contributed by atoms with Gasteiger partial charge in [0.15, 0.2) is 5.78 Å². The third-order valence-electron chi connectivity index (χ3n) is 4.82. The maximum atomic E-state index is 12.1. The van der Waals surface area contributed by atoms with Gasteiger partial charge >= 0.3 is 0 Å². The van der Waals surface area contributed by atoms with Crippen molar-refractivity contribution in [1.82, 2.24) is 0 Å². The van der Waals surface area contributed by atoms with Crippen LogP contribution in [0.15, 0.2) is 40.1 Å². The molecule has 0 heterocycles. The lowest BCUT2D eigenvalue weighted by atomic mass is 9.81. The quantitative estimate of drug-likeness (QED) is 0.499. The highest BCUT2D eigenvalue weighted by atomic mass is 32.2. The minimum Gasteiger partial charge on any atom is -0.294 e. The van der Waals surface area contributed by atoms with Crippen molar-refractivity contribution < 1.29 is 4.79 Å². The van der Waals surface area contributed by atoms with Crippen LogP contribution < -0.4 is 0 Å². The first kappa shape index (κ1) is 16.7. The van der Waals surface area contributed by atoms with Crippen molar-refractivity contribution in [2.24, 2.45) is 0 Å². The first-order chi connectivity index (χ1) is 10.9. The molecule has 3 heteroatoms. The normalized spacial score (nSPS) is 14.5. The van der Waals surface area contributed by atoms with Gasteiger partial charge in [-0.25, -0.2) is 0 Å². The minimum absolute atomic E-state index is 0.0594. The Morgan fingerprint density at radius 3 is 2.17 bits per heavy atom. The first-order valence-electron chi connectivity index (χ1n) is 7.88. The molecule has 0 N–H and O–H groups in total. The average molecular weight is 343 g/mol. The van der Waals surface area contributed by atoms with Gasteiger partial charge in [-0.2, -0.15) is 0 Å². The van der Waals surface area contributed by atoms with Crippen LogP contribution in [-0.4, -0.2) is 18.3 Å². The van der Waals surface area contributed by atoms with Crippen LogP contribution in [0.4, 0.5) is 0 Å². The predicted octanol–water partition coefficient (Wildman–Crippen LogP) is 6.03. The minimum atomic E-state index is -0.0594. The van der Waals surface area contributed by atoms with Crippen molar-refractivity contribution in [1.29, 1.82) is 0 Å². The third kappa shape index (κ3) is 2.54. The Bertz CT molecular complexity index is 790. The van der Waals surface area contributed by atoms with Crippen LogP contribution in [0.25, 0.3) is 11.1 Å². The average Bonchev–Trinajstić information content (AvgIpc) is 2.79. The molecule has 120 valence electrons. The summed E-state index contributed by atoms with van der Waals surface area (Å²) in [4.78, 5) is 14.8.